The van der Waals surface area contributed by atoms with Crippen molar-refractivity contribution in [3.63, 3.8) is 0 Å². The standard InChI is InChI=1S/C16H20N4O3S/c1-10-18-19-14(24-10)6-7-17-16(21)15(20(2)3)11-4-5-12-13(8-11)23-9-22-12/h4-5,8,15H,6-7,9H2,1-3H3,(H,17,21)/t15-/m0/s1. The first kappa shape index (κ1) is 16.7. The summed E-state index contributed by atoms with van der Waals surface area (Å²) in [5.41, 5.74) is 0.869. The van der Waals surface area contributed by atoms with Gasteiger partial charge in [-0.1, -0.05) is 6.07 Å². The number of rotatable bonds is 6. The molecule has 0 radical (unpaired) electrons. The van der Waals surface area contributed by atoms with E-state index in [4.69, 9.17) is 9.47 Å². The van der Waals surface area contributed by atoms with E-state index in [0.29, 0.717) is 24.5 Å². The maximum absolute atomic E-state index is 12.6. The zero-order valence-corrected chi connectivity index (χ0v) is 14.7. The third kappa shape index (κ3) is 3.65. The van der Waals surface area contributed by atoms with Gasteiger partial charge in [0.25, 0.3) is 0 Å². The number of aromatic nitrogens is 2. The van der Waals surface area contributed by atoms with Crippen molar-refractivity contribution in [1.82, 2.24) is 20.4 Å². The average molecular weight is 348 g/mol. The molecule has 24 heavy (non-hydrogen) atoms. The number of nitrogens with zero attached hydrogens (tertiary/aromatic N) is 3. The molecule has 128 valence electrons. The molecule has 0 fully saturated rings. The normalized spacial score (nSPS) is 14.0. The lowest BCUT2D eigenvalue weighted by Crippen LogP contribution is -2.37. The van der Waals surface area contributed by atoms with E-state index in [1.165, 1.54) is 0 Å². The first-order valence-electron chi connectivity index (χ1n) is 7.67. The molecule has 0 bridgehead atoms. The van der Waals surface area contributed by atoms with E-state index in [2.05, 4.69) is 15.5 Å². The molecule has 0 saturated carbocycles. The first-order chi connectivity index (χ1) is 11.5. The number of likely N-dealkylation sites (N-methyl/N-ethyl adjacent to an activating group) is 1. The van der Waals surface area contributed by atoms with Crippen molar-refractivity contribution < 1.29 is 14.3 Å². The van der Waals surface area contributed by atoms with Crippen molar-refractivity contribution in [3.8, 4) is 11.5 Å². The first-order valence-corrected chi connectivity index (χ1v) is 8.49. The highest BCUT2D eigenvalue weighted by atomic mass is 32.1. The Morgan fingerprint density at radius 3 is 2.83 bits per heavy atom. The van der Waals surface area contributed by atoms with Gasteiger partial charge in [-0.3, -0.25) is 9.69 Å². The van der Waals surface area contributed by atoms with Crippen molar-refractivity contribution >= 4 is 17.2 Å². The Hall–Kier alpha value is -2.19. The van der Waals surface area contributed by atoms with Crippen LogP contribution in [0, 0.1) is 6.92 Å². The van der Waals surface area contributed by atoms with Gasteiger partial charge in [-0.2, -0.15) is 0 Å². The molecule has 0 spiro atoms. The fourth-order valence-corrected chi connectivity index (χ4v) is 3.30. The Morgan fingerprint density at radius 1 is 1.33 bits per heavy atom. The third-order valence-corrected chi connectivity index (χ3v) is 4.58. The number of carbonyl (C=O) groups excluding carboxylic acids is 1. The van der Waals surface area contributed by atoms with Crippen LogP contribution in [0.25, 0.3) is 0 Å². The number of hydrogen-bond donors (Lipinski definition) is 1. The predicted molar refractivity (Wildman–Crippen MR) is 90.4 cm³/mol. The molecule has 2 heterocycles. The molecular weight excluding hydrogens is 328 g/mol. The topological polar surface area (TPSA) is 76.6 Å². The lowest BCUT2D eigenvalue weighted by molar-refractivity contribution is -0.125. The largest absolute Gasteiger partial charge is 0.454 e. The van der Waals surface area contributed by atoms with Gasteiger partial charge < -0.3 is 14.8 Å². The molecule has 1 N–H and O–H groups in total. The molecule has 7 nitrogen and oxygen atoms in total. The van der Waals surface area contributed by atoms with E-state index in [0.717, 1.165) is 15.6 Å². The quantitative estimate of drug-likeness (QED) is 0.853. The lowest BCUT2D eigenvalue weighted by atomic mass is 10.0. The Kier molecular flexibility index (Phi) is 4.96. The number of hydrogen-bond acceptors (Lipinski definition) is 7. The van der Waals surface area contributed by atoms with Crippen LogP contribution in [0.3, 0.4) is 0 Å². The van der Waals surface area contributed by atoms with Crippen LogP contribution in [0.4, 0.5) is 0 Å². The molecule has 1 amide bonds. The van der Waals surface area contributed by atoms with Crippen LogP contribution in [-0.4, -0.2) is 48.4 Å². The van der Waals surface area contributed by atoms with E-state index >= 15 is 0 Å². The van der Waals surface area contributed by atoms with Crippen LogP contribution in [0.1, 0.15) is 21.6 Å². The molecule has 3 rings (SSSR count). The number of benzene rings is 1. The van der Waals surface area contributed by atoms with Crippen LogP contribution in [0.15, 0.2) is 18.2 Å². The smallest absolute Gasteiger partial charge is 0.241 e. The minimum Gasteiger partial charge on any atom is -0.454 e. The Labute approximate surface area is 144 Å². The highest BCUT2D eigenvalue weighted by molar-refractivity contribution is 7.11. The molecule has 1 aliphatic rings. The van der Waals surface area contributed by atoms with E-state index < -0.39 is 6.04 Å². The molecule has 8 heteroatoms. The SMILES string of the molecule is Cc1nnc(CCNC(=O)[C@H](c2ccc3c(c2)OCO3)N(C)C)s1. The van der Waals surface area contributed by atoms with Gasteiger partial charge in [-0.15, -0.1) is 21.5 Å². The molecule has 0 saturated heterocycles. The van der Waals surface area contributed by atoms with Gasteiger partial charge in [-0.05, 0) is 38.7 Å². The maximum atomic E-state index is 12.6. The van der Waals surface area contributed by atoms with Crippen LogP contribution in [-0.2, 0) is 11.2 Å². The van der Waals surface area contributed by atoms with Crippen molar-refractivity contribution in [2.75, 3.05) is 27.4 Å². The van der Waals surface area contributed by atoms with E-state index in [-0.39, 0.29) is 12.7 Å². The summed E-state index contributed by atoms with van der Waals surface area (Å²) < 4.78 is 10.7. The maximum Gasteiger partial charge on any atom is 0.241 e. The van der Waals surface area contributed by atoms with Crippen molar-refractivity contribution in [3.05, 3.63) is 33.8 Å². The number of carbonyl (C=O) groups is 1. The van der Waals surface area contributed by atoms with Gasteiger partial charge >= 0.3 is 0 Å². The lowest BCUT2D eigenvalue weighted by Gasteiger charge is -2.24. The minimum absolute atomic E-state index is 0.0555. The molecule has 1 aromatic carbocycles. The van der Waals surface area contributed by atoms with Gasteiger partial charge in [0, 0.05) is 13.0 Å². The predicted octanol–water partition coefficient (Wildman–Crippen LogP) is 1.54. The molecule has 0 aliphatic carbocycles. The van der Waals surface area contributed by atoms with Gasteiger partial charge in [0.1, 0.15) is 16.1 Å². The fourth-order valence-electron chi connectivity index (χ4n) is 2.60. The third-order valence-electron chi connectivity index (χ3n) is 3.68. The zero-order valence-electron chi connectivity index (χ0n) is 13.9. The molecule has 1 atom stereocenters. The number of nitrogens with one attached hydrogen (secondary N) is 1. The Balaban J connectivity index is 1.65. The summed E-state index contributed by atoms with van der Waals surface area (Å²) in [5.74, 6) is 1.33. The number of aryl methyl sites for hydroxylation is 1. The van der Waals surface area contributed by atoms with Crippen LogP contribution < -0.4 is 14.8 Å². The molecule has 0 unspecified atom stereocenters. The van der Waals surface area contributed by atoms with Crippen molar-refractivity contribution in [2.24, 2.45) is 0 Å². The van der Waals surface area contributed by atoms with Crippen molar-refractivity contribution in [1.29, 1.82) is 0 Å². The highest BCUT2D eigenvalue weighted by Crippen LogP contribution is 2.35. The van der Waals surface area contributed by atoms with Crippen LogP contribution in [0.5, 0.6) is 11.5 Å². The van der Waals surface area contributed by atoms with E-state index in [9.17, 15) is 4.79 Å². The molecule has 2 aromatic rings. The molecular formula is C16H20N4O3S. The van der Waals surface area contributed by atoms with E-state index in [1.54, 1.807) is 11.3 Å². The molecule has 1 aromatic heterocycles. The fraction of sp³-hybridized carbons (Fsp3) is 0.438. The van der Waals surface area contributed by atoms with Crippen LogP contribution in [0.2, 0.25) is 0 Å². The van der Waals surface area contributed by atoms with Gasteiger partial charge in [0.2, 0.25) is 12.7 Å². The second-order valence-electron chi connectivity index (χ2n) is 5.73. The summed E-state index contributed by atoms with van der Waals surface area (Å²) in [7, 11) is 3.76. The second-order valence-corrected chi connectivity index (χ2v) is 7.00. The van der Waals surface area contributed by atoms with Gasteiger partial charge in [0.15, 0.2) is 11.5 Å². The zero-order chi connectivity index (χ0) is 17.1. The number of ether oxygens (including phenoxy) is 2. The summed E-state index contributed by atoms with van der Waals surface area (Å²) in [4.78, 5) is 14.5. The molecule has 1 aliphatic heterocycles. The monoisotopic (exact) mass is 348 g/mol. The number of amides is 1. The Morgan fingerprint density at radius 2 is 2.12 bits per heavy atom. The average Bonchev–Trinajstić information content (AvgIpc) is 3.15. The van der Waals surface area contributed by atoms with Crippen LogP contribution >= 0.6 is 11.3 Å². The summed E-state index contributed by atoms with van der Waals surface area (Å²) in [6.45, 7) is 2.67. The number of fused-ring (bicyclic) bond motifs is 1. The van der Waals surface area contributed by atoms with Gasteiger partial charge in [-0.25, -0.2) is 0 Å². The summed E-state index contributed by atoms with van der Waals surface area (Å²) in [6, 6.07) is 5.20. The second kappa shape index (κ2) is 7.14. The highest BCUT2D eigenvalue weighted by Gasteiger charge is 2.25. The summed E-state index contributed by atoms with van der Waals surface area (Å²) in [5, 5.41) is 12.9. The Bertz CT molecular complexity index is 732. The van der Waals surface area contributed by atoms with Gasteiger partial charge in [0.05, 0.1) is 0 Å². The van der Waals surface area contributed by atoms with E-state index in [1.807, 2.05) is 44.1 Å². The summed E-state index contributed by atoms with van der Waals surface area (Å²) in [6.07, 6.45) is 0.679. The van der Waals surface area contributed by atoms with Crippen molar-refractivity contribution in [2.45, 2.75) is 19.4 Å². The minimum atomic E-state index is -0.393. The summed E-state index contributed by atoms with van der Waals surface area (Å²) >= 11 is 1.55.